The van der Waals surface area contributed by atoms with Crippen LogP contribution in [0, 0.1) is 0 Å². The van der Waals surface area contributed by atoms with Crippen LogP contribution in [0.15, 0.2) is 58.4 Å². The number of nitrogens with zero attached hydrogens (tertiary/aromatic N) is 2. The molecule has 2 aromatic carbocycles. The van der Waals surface area contributed by atoms with Crippen molar-refractivity contribution in [2.75, 3.05) is 20.3 Å². The molecule has 0 spiro atoms. The van der Waals surface area contributed by atoms with Gasteiger partial charge in [-0.15, -0.1) is 0 Å². The van der Waals surface area contributed by atoms with Gasteiger partial charge in [0.15, 0.2) is 0 Å². The van der Waals surface area contributed by atoms with Crippen molar-refractivity contribution in [2.24, 2.45) is 0 Å². The summed E-state index contributed by atoms with van der Waals surface area (Å²) in [7, 11) is 1.50. The second-order valence-corrected chi connectivity index (χ2v) is 7.17. The van der Waals surface area contributed by atoms with E-state index in [4.69, 9.17) is 4.74 Å². The Bertz CT molecular complexity index is 1490. The van der Waals surface area contributed by atoms with E-state index in [9.17, 15) is 27.6 Å². The van der Waals surface area contributed by atoms with E-state index in [0.29, 0.717) is 28.0 Å². The number of carbonyl (C=O) groups excluding carboxylic acids is 1. The molecule has 11 heteroatoms. The molecule has 1 amide bonds. The number of hydrogen-bond acceptors (Lipinski definition) is 5. The summed E-state index contributed by atoms with van der Waals surface area (Å²) in [5.41, 5.74) is -2.54. The third kappa shape index (κ3) is 4.22. The van der Waals surface area contributed by atoms with Gasteiger partial charge in [0.2, 0.25) is 0 Å². The van der Waals surface area contributed by atoms with Gasteiger partial charge in [0.05, 0.1) is 35.0 Å². The molecule has 2 aromatic heterocycles. The van der Waals surface area contributed by atoms with Gasteiger partial charge in [0.1, 0.15) is 0 Å². The normalized spacial score (nSPS) is 11.8. The van der Waals surface area contributed by atoms with Crippen molar-refractivity contribution in [3.8, 4) is 5.69 Å². The highest BCUT2D eigenvalue weighted by molar-refractivity contribution is 6.00. The fourth-order valence-corrected chi connectivity index (χ4v) is 3.45. The van der Waals surface area contributed by atoms with E-state index >= 15 is 0 Å². The number of nitrogens with one attached hydrogen (secondary N) is 2. The van der Waals surface area contributed by atoms with Crippen molar-refractivity contribution >= 4 is 27.6 Å². The van der Waals surface area contributed by atoms with Crippen LogP contribution in [0.4, 0.5) is 13.2 Å². The van der Waals surface area contributed by atoms with Crippen LogP contribution in [0.25, 0.3) is 27.4 Å². The second kappa shape index (κ2) is 8.51. The van der Waals surface area contributed by atoms with Crippen LogP contribution in [0.1, 0.15) is 15.9 Å². The average Bonchev–Trinajstić information content (AvgIpc) is 2.78. The van der Waals surface area contributed by atoms with Crippen molar-refractivity contribution < 1.29 is 22.7 Å². The number of benzene rings is 2. The summed E-state index contributed by atoms with van der Waals surface area (Å²) >= 11 is 0. The third-order valence-electron chi connectivity index (χ3n) is 5.06. The smallest absolute Gasteiger partial charge is 0.383 e. The molecule has 4 rings (SSSR count). The summed E-state index contributed by atoms with van der Waals surface area (Å²) in [6, 6.07) is 7.15. The lowest BCUT2D eigenvalue weighted by molar-refractivity contribution is -0.137. The number of halogens is 3. The highest BCUT2D eigenvalue weighted by Crippen LogP contribution is 2.30. The molecule has 8 nitrogen and oxygen atoms in total. The molecule has 0 unspecified atom stereocenters. The number of fused-ring (bicyclic) bond motifs is 2. The summed E-state index contributed by atoms with van der Waals surface area (Å²) < 4.78 is 45.1. The van der Waals surface area contributed by atoms with E-state index in [2.05, 4.69) is 15.3 Å². The summed E-state index contributed by atoms with van der Waals surface area (Å²) in [5.74, 6) is -0.397. The lowest BCUT2D eigenvalue weighted by atomic mass is 10.1. The van der Waals surface area contributed by atoms with Gasteiger partial charge >= 0.3 is 11.9 Å². The minimum absolute atomic E-state index is 0.0272. The number of H-pyrrole nitrogens is 1. The van der Waals surface area contributed by atoms with Gasteiger partial charge in [-0.3, -0.25) is 14.6 Å². The van der Waals surface area contributed by atoms with E-state index in [1.165, 1.54) is 25.6 Å². The topological polar surface area (TPSA) is 106 Å². The fraction of sp³-hybridized carbons (Fsp3) is 0.182. The number of amides is 1. The summed E-state index contributed by atoms with van der Waals surface area (Å²) in [5, 5.41) is 3.23. The third-order valence-corrected chi connectivity index (χ3v) is 5.06. The molecular formula is C22H17F3N4O4. The van der Waals surface area contributed by atoms with E-state index in [1.807, 2.05) is 0 Å². The van der Waals surface area contributed by atoms with Gasteiger partial charge in [-0.05, 0) is 30.3 Å². The van der Waals surface area contributed by atoms with Crippen LogP contribution < -0.4 is 16.6 Å². The average molecular weight is 458 g/mol. The van der Waals surface area contributed by atoms with Crippen LogP contribution in [-0.4, -0.2) is 40.7 Å². The van der Waals surface area contributed by atoms with Crippen molar-refractivity contribution in [3.05, 3.63) is 80.8 Å². The maximum absolute atomic E-state index is 13.2. The molecule has 0 atom stereocenters. The molecule has 33 heavy (non-hydrogen) atoms. The number of ether oxygens (including phenoxy) is 1. The number of aromatic amines is 1. The predicted molar refractivity (Wildman–Crippen MR) is 115 cm³/mol. The Labute approximate surface area is 183 Å². The zero-order valence-corrected chi connectivity index (χ0v) is 17.2. The summed E-state index contributed by atoms with van der Waals surface area (Å²) in [6.07, 6.45) is -1.94. The van der Waals surface area contributed by atoms with E-state index in [0.717, 1.165) is 12.1 Å². The number of carbonyl (C=O) groups is 1. The molecule has 0 fully saturated rings. The fourth-order valence-electron chi connectivity index (χ4n) is 3.45. The van der Waals surface area contributed by atoms with Crippen molar-refractivity contribution in [1.82, 2.24) is 19.9 Å². The van der Waals surface area contributed by atoms with Crippen molar-refractivity contribution in [3.63, 3.8) is 0 Å². The molecule has 4 aromatic rings. The Morgan fingerprint density at radius 1 is 1.12 bits per heavy atom. The van der Waals surface area contributed by atoms with Gasteiger partial charge < -0.3 is 15.0 Å². The number of hydrogen-bond donors (Lipinski definition) is 2. The Morgan fingerprint density at radius 2 is 1.91 bits per heavy atom. The van der Waals surface area contributed by atoms with Gasteiger partial charge in [-0.1, -0.05) is 6.07 Å². The lowest BCUT2D eigenvalue weighted by Crippen LogP contribution is -2.34. The lowest BCUT2D eigenvalue weighted by Gasteiger charge is -2.12. The molecule has 0 aliphatic rings. The van der Waals surface area contributed by atoms with Gasteiger partial charge in [-0.2, -0.15) is 13.2 Å². The Kier molecular flexibility index (Phi) is 5.73. The summed E-state index contributed by atoms with van der Waals surface area (Å²) in [6.45, 7) is 0.595. The van der Waals surface area contributed by atoms with E-state index in [-0.39, 0.29) is 28.7 Å². The Morgan fingerprint density at radius 3 is 2.64 bits per heavy atom. The van der Waals surface area contributed by atoms with Crippen LogP contribution >= 0.6 is 0 Å². The van der Waals surface area contributed by atoms with Crippen molar-refractivity contribution in [2.45, 2.75) is 6.18 Å². The Balaban J connectivity index is 1.91. The molecule has 0 saturated heterocycles. The molecule has 2 heterocycles. The molecular weight excluding hydrogens is 441 g/mol. The molecule has 170 valence electrons. The van der Waals surface area contributed by atoms with E-state index in [1.54, 1.807) is 12.1 Å². The predicted octanol–water partition coefficient (Wildman–Crippen LogP) is 2.62. The molecule has 0 radical (unpaired) electrons. The number of pyridine rings is 1. The Hall–Kier alpha value is -3.99. The number of aromatic nitrogens is 3. The maximum atomic E-state index is 13.2. The van der Waals surface area contributed by atoms with Crippen LogP contribution in [0.3, 0.4) is 0 Å². The zero-order valence-electron chi connectivity index (χ0n) is 17.2. The number of methoxy groups -OCH3 is 1. The molecule has 0 aliphatic heterocycles. The highest BCUT2D eigenvalue weighted by Gasteiger charge is 2.31. The zero-order chi connectivity index (χ0) is 23.8. The van der Waals surface area contributed by atoms with Gasteiger partial charge in [0.25, 0.3) is 11.5 Å². The molecule has 0 saturated carbocycles. The van der Waals surface area contributed by atoms with Gasteiger partial charge in [-0.25, -0.2) is 9.36 Å². The van der Waals surface area contributed by atoms with Gasteiger partial charge in [0, 0.05) is 36.2 Å². The first-order valence-electron chi connectivity index (χ1n) is 9.72. The summed E-state index contributed by atoms with van der Waals surface area (Å²) in [4.78, 5) is 44.7. The van der Waals surface area contributed by atoms with Crippen LogP contribution in [-0.2, 0) is 10.9 Å². The quantitative estimate of drug-likeness (QED) is 0.448. The minimum Gasteiger partial charge on any atom is -0.383 e. The molecule has 2 N–H and O–H groups in total. The maximum Gasteiger partial charge on any atom is 0.416 e. The monoisotopic (exact) mass is 458 g/mol. The van der Waals surface area contributed by atoms with Crippen LogP contribution in [0.2, 0.25) is 0 Å². The first-order valence-corrected chi connectivity index (χ1v) is 9.72. The minimum atomic E-state index is -4.66. The van der Waals surface area contributed by atoms with E-state index < -0.39 is 28.9 Å². The largest absolute Gasteiger partial charge is 0.416 e. The SMILES string of the molecule is COCCNC(=O)c1ccc2cncc(-n3c(=O)[nH]c4ccc(C(F)(F)F)cc4c3=O)c2c1. The molecule has 0 bridgehead atoms. The molecule has 0 aliphatic carbocycles. The first kappa shape index (κ1) is 22.2. The standard InChI is InChI=1S/C22H17F3N4O4/c1-33-7-6-27-19(30)12-2-3-13-10-26-11-18(15(13)8-12)29-20(31)16-9-14(22(23,24)25)4-5-17(16)28-21(29)32/h2-5,8-11H,6-7H2,1H3,(H,27,30)(H,28,32). The van der Waals surface area contributed by atoms with Crippen molar-refractivity contribution in [1.29, 1.82) is 0 Å². The first-order chi connectivity index (χ1) is 15.7. The number of rotatable bonds is 5. The number of alkyl halides is 3. The second-order valence-electron chi connectivity index (χ2n) is 7.17. The highest BCUT2D eigenvalue weighted by atomic mass is 19.4. The van der Waals surface area contributed by atoms with Crippen LogP contribution in [0.5, 0.6) is 0 Å².